The van der Waals surface area contributed by atoms with Crippen molar-refractivity contribution in [2.75, 3.05) is 35.7 Å². The zero-order valence-corrected chi connectivity index (χ0v) is 17.0. The number of para-hydroxylation sites is 2. The van der Waals surface area contributed by atoms with Crippen LogP contribution >= 0.6 is 0 Å². The van der Waals surface area contributed by atoms with Gasteiger partial charge in [0.2, 0.25) is 0 Å². The summed E-state index contributed by atoms with van der Waals surface area (Å²) in [6, 6.07) is 19.0. The van der Waals surface area contributed by atoms with E-state index in [0.29, 0.717) is 22.8 Å². The van der Waals surface area contributed by atoms with Gasteiger partial charge in [0.05, 0.1) is 18.4 Å². The average Bonchev–Trinajstić information content (AvgIpc) is 2.76. The smallest absolute Gasteiger partial charge is 0.257 e. The summed E-state index contributed by atoms with van der Waals surface area (Å²) in [5.74, 6) is 1.05. The van der Waals surface area contributed by atoms with Crippen LogP contribution in [0.25, 0.3) is 0 Å². The molecule has 0 aliphatic rings. The topological polar surface area (TPSA) is 66.5 Å². The first-order valence-electron chi connectivity index (χ1n) is 9.67. The molecule has 1 aromatic heterocycles. The van der Waals surface area contributed by atoms with Crippen LogP contribution in [-0.4, -0.2) is 31.1 Å². The van der Waals surface area contributed by atoms with Gasteiger partial charge in [-0.15, -0.1) is 0 Å². The minimum Gasteiger partial charge on any atom is -0.495 e. The fourth-order valence-corrected chi connectivity index (χ4v) is 3.04. The molecule has 3 aromatic rings. The fourth-order valence-electron chi connectivity index (χ4n) is 3.04. The predicted octanol–water partition coefficient (Wildman–Crippen LogP) is 4.93. The maximum atomic E-state index is 12.5. The van der Waals surface area contributed by atoms with Gasteiger partial charge in [-0.2, -0.15) is 0 Å². The first-order chi connectivity index (χ1) is 14.1. The summed E-state index contributed by atoms with van der Waals surface area (Å²) in [4.78, 5) is 19.1. The molecular formula is C23H26N4O2. The highest BCUT2D eigenvalue weighted by Crippen LogP contribution is 2.24. The maximum Gasteiger partial charge on any atom is 0.257 e. The van der Waals surface area contributed by atoms with Crippen molar-refractivity contribution in [3.63, 3.8) is 0 Å². The second-order valence-corrected chi connectivity index (χ2v) is 6.43. The van der Waals surface area contributed by atoms with Crippen molar-refractivity contribution in [3.05, 3.63) is 72.4 Å². The second kappa shape index (κ2) is 9.59. The number of anilines is 4. The lowest BCUT2D eigenvalue weighted by Crippen LogP contribution is -2.21. The van der Waals surface area contributed by atoms with E-state index in [4.69, 9.17) is 4.74 Å². The van der Waals surface area contributed by atoms with Crippen molar-refractivity contribution in [1.82, 2.24) is 4.98 Å². The van der Waals surface area contributed by atoms with Gasteiger partial charge in [-0.1, -0.05) is 12.1 Å². The molecule has 0 aliphatic heterocycles. The van der Waals surface area contributed by atoms with Crippen LogP contribution < -0.4 is 20.3 Å². The number of nitrogens with zero attached hydrogens (tertiary/aromatic N) is 2. The van der Waals surface area contributed by atoms with E-state index in [-0.39, 0.29) is 5.91 Å². The molecule has 0 saturated heterocycles. The van der Waals surface area contributed by atoms with Gasteiger partial charge < -0.3 is 20.3 Å². The van der Waals surface area contributed by atoms with Crippen LogP contribution in [0.5, 0.6) is 5.75 Å². The normalized spacial score (nSPS) is 10.3. The van der Waals surface area contributed by atoms with Crippen LogP contribution in [0.3, 0.4) is 0 Å². The minimum absolute atomic E-state index is 0.239. The number of carbonyl (C=O) groups excluding carboxylic acids is 1. The first-order valence-corrected chi connectivity index (χ1v) is 9.67. The predicted molar refractivity (Wildman–Crippen MR) is 118 cm³/mol. The largest absolute Gasteiger partial charge is 0.495 e. The van der Waals surface area contributed by atoms with E-state index in [2.05, 4.69) is 46.5 Å². The van der Waals surface area contributed by atoms with Crippen LogP contribution in [-0.2, 0) is 0 Å². The van der Waals surface area contributed by atoms with Crippen molar-refractivity contribution >= 4 is 28.8 Å². The molecule has 150 valence electrons. The lowest BCUT2D eigenvalue weighted by molar-refractivity contribution is 0.102. The van der Waals surface area contributed by atoms with Crippen LogP contribution in [0.4, 0.5) is 22.9 Å². The molecule has 29 heavy (non-hydrogen) atoms. The second-order valence-electron chi connectivity index (χ2n) is 6.43. The zero-order valence-electron chi connectivity index (χ0n) is 17.0. The van der Waals surface area contributed by atoms with E-state index in [9.17, 15) is 4.79 Å². The molecule has 2 N–H and O–H groups in total. The maximum absolute atomic E-state index is 12.5. The SMILES string of the molecule is CCN(CC)c1ccc(Nc2ccc(C(=O)Nc3ccccc3OC)cn2)cc1. The standard InChI is InChI=1S/C23H26N4O2/c1-4-27(5-2)19-13-11-18(12-14-19)25-22-15-10-17(16-24-22)23(28)26-20-8-6-7-9-21(20)29-3/h6-16H,4-5H2,1-3H3,(H,24,25)(H,26,28). The molecule has 6 heteroatoms. The van der Waals surface area contributed by atoms with Crippen LogP contribution in [0.1, 0.15) is 24.2 Å². The molecule has 0 saturated carbocycles. The van der Waals surface area contributed by atoms with Crippen molar-refractivity contribution in [2.24, 2.45) is 0 Å². The van der Waals surface area contributed by atoms with Crippen molar-refractivity contribution < 1.29 is 9.53 Å². The van der Waals surface area contributed by atoms with E-state index < -0.39 is 0 Å². The number of pyridine rings is 1. The Morgan fingerprint density at radius 3 is 2.34 bits per heavy atom. The van der Waals surface area contributed by atoms with Crippen molar-refractivity contribution in [1.29, 1.82) is 0 Å². The Bertz CT molecular complexity index is 936. The summed E-state index contributed by atoms with van der Waals surface area (Å²) in [5.41, 5.74) is 3.23. The Morgan fingerprint density at radius 2 is 1.72 bits per heavy atom. The van der Waals surface area contributed by atoms with Gasteiger partial charge in [0.25, 0.3) is 5.91 Å². The Morgan fingerprint density at radius 1 is 1.00 bits per heavy atom. The monoisotopic (exact) mass is 390 g/mol. The van der Waals surface area contributed by atoms with Gasteiger partial charge >= 0.3 is 0 Å². The Hall–Kier alpha value is -3.54. The van der Waals surface area contributed by atoms with Gasteiger partial charge in [-0.25, -0.2) is 4.98 Å². The third-order valence-electron chi connectivity index (χ3n) is 4.65. The lowest BCUT2D eigenvalue weighted by Gasteiger charge is -2.21. The Balaban J connectivity index is 1.64. The summed E-state index contributed by atoms with van der Waals surface area (Å²) >= 11 is 0. The molecule has 1 heterocycles. The molecule has 6 nitrogen and oxygen atoms in total. The van der Waals surface area contributed by atoms with Crippen LogP contribution in [0.15, 0.2) is 66.9 Å². The molecule has 0 aliphatic carbocycles. The fraction of sp³-hybridized carbons (Fsp3) is 0.217. The Kier molecular flexibility index (Phi) is 6.68. The van der Waals surface area contributed by atoms with Gasteiger partial charge in [0.15, 0.2) is 0 Å². The number of amides is 1. The van der Waals surface area contributed by atoms with Crippen LogP contribution in [0.2, 0.25) is 0 Å². The summed E-state index contributed by atoms with van der Waals surface area (Å²) in [6.07, 6.45) is 1.55. The van der Waals surface area contributed by atoms with E-state index in [1.54, 1.807) is 37.6 Å². The number of hydrogen-bond acceptors (Lipinski definition) is 5. The van der Waals surface area contributed by atoms with Crippen molar-refractivity contribution in [2.45, 2.75) is 13.8 Å². The first kappa shape index (κ1) is 20.2. The van der Waals surface area contributed by atoms with Crippen LogP contribution in [0, 0.1) is 0 Å². The quantitative estimate of drug-likeness (QED) is 0.571. The minimum atomic E-state index is -0.239. The number of rotatable bonds is 8. The lowest BCUT2D eigenvalue weighted by atomic mass is 10.2. The summed E-state index contributed by atoms with van der Waals surface area (Å²) < 4.78 is 5.26. The summed E-state index contributed by atoms with van der Waals surface area (Å²) in [7, 11) is 1.57. The Labute approximate surface area is 171 Å². The number of hydrogen-bond donors (Lipinski definition) is 2. The number of benzene rings is 2. The van der Waals surface area contributed by atoms with E-state index in [1.165, 1.54) is 5.69 Å². The molecule has 2 aromatic carbocycles. The van der Waals surface area contributed by atoms with Gasteiger partial charge in [-0.05, 0) is 62.4 Å². The molecule has 0 fully saturated rings. The molecule has 3 rings (SSSR count). The molecule has 0 atom stereocenters. The number of carbonyl (C=O) groups is 1. The van der Waals surface area contributed by atoms with Gasteiger partial charge in [-0.3, -0.25) is 4.79 Å². The van der Waals surface area contributed by atoms with E-state index in [0.717, 1.165) is 18.8 Å². The number of methoxy groups -OCH3 is 1. The zero-order chi connectivity index (χ0) is 20.6. The van der Waals surface area contributed by atoms with E-state index in [1.807, 2.05) is 24.3 Å². The number of aromatic nitrogens is 1. The number of ether oxygens (including phenoxy) is 1. The molecule has 0 spiro atoms. The highest BCUT2D eigenvalue weighted by atomic mass is 16.5. The van der Waals surface area contributed by atoms with Crippen molar-refractivity contribution in [3.8, 4) is 5.75 Å². The third-order valence-corrected chi connectivity index (χ3v) is 4.65. The molecule has 0 radical (unpaired) electrons. The highest BCUT2D eigenvalue weighted by molar-refractivity contribution is 6.04. The molecule has 0 bridgehead atoms. The number of nitrogens with one attached hydrogen (secondary N) is 2. The molecular weight excluding hydrogens is 364 g/mol. The molecule has 0 unspecified atom stereocenters. The highest BCUT2D eigenvalue weighted by Gasteiger charge is 2.10. The van der Waals surface area contributed by atoms with Gasteiger partial charge in [0.1, 0.15) is 11.6 Å². The van der Waals surface area contributed by atoms with Gasteiger partial charge in [0, 0.05) is 30.7 Å². The summed E-state index contributed by atoms with van der Waals surface area (Å²) in [6.45, 7) is 6.24. The average molecular weight is 390 g/mol. The molecule has 1 amide bonds. The summed E-state index contributed by atoms with van der Waals surface area (Å²) in [5, 5.41) is 6.10. The third kappa shape index (κ3) is 5.04. The van der Waals surface area contributed by atoms with E-state index >= 15 is 0 Å².